The van der Waals surface area contributed by atoms with Crippen LogP contribution in [0.4, 0.5) is 0 Å². The molecule has 0 saturated carbocycles. The molecule has 0 bridgehead atoms. The number of nitrogens with zero attached hydrogens (tertiary/aromatic N) is 1. The van der Waals surface area contributed by atoms with Crippen molar-refractivity contribution in [3.05, 3.63) is 25.8 Å². The average molecular weight is 340 g/mol. The number of halogens is 1. The minimum Gasteiger partial charge on any atom is -0.235 e. The van der Waals surface area contributed by atoms with Gasteiger partial charge in [-0.25, -0.2) is 4.98 Å². The lowest BCUT2D eigenvalue weighted by atomic mass is 10.1. The van der Waals surface area contributed by atoms with E-state index in [0.29, 0.717) is 0 Å². The molecule has 0 radical (unpaired) electrons. The van der Waals surface area contributed by atoms with E-state index in [1.54, 1.807) is 11.3 Å². The highest BCUT2D eigenvalue weighted by molar-refractivity contribution is 9.11. The molecule has 0 unspecified atom stereocenters. The average Bonchev–Trinajstić information content (AvgIpc) is 2.91. The van der Waals surface area contributed by atoms with Gasteiger partial charge in [-0.1, -0.05) is 5.57 Å². The molecular weight excluding hydrogens is 326 g/mol. The van der Waals surface area contributed by atoms with Gasteiger partial charge in [0.05, 0.1) is 18.5 Å². The van der Waals surface area contributed by atoms with Gasteiger partial charge in [0.15, 0.2) is 0 Å². The first-order valence-electron chi connectivity index (χ1n) is 6.07. The Kier molecular flexibility index (Phi) is 3.43. The quantitative estimate of drug-likeness (QED) is 0.760. The maximum atomic E-state index is 4.88. The number of hydrogen-bond acceptors (Lipinski definition) is 3. The van der Waals surface area contributed by atoms with Crippen LogP contribution in [0.3, 0.4) is 0 Å². The molecule has 2 aromatic rings. The van der Waals surface area contributed by atoms with Crippen molar-refractivity contribution in [2.45, 2.75) is 33.1 Å². The minimum absolute atomic E-state index is 1.16. The summed E-state index contributed by atoms with van der Waals surface area (Å²) in [5.41, 5.74) is 2.95. The lowest BCUT2D eigenvalue weighted by molar-refractivity contribution is 0.885. The minimum atomic E-state index is 1.16. The van der Waals surface area contributed by atoms with Crippen LogP contribution in [0.25, 0.3) is 21.0 Å². The van der Waals surface area contributed by atoms with Gasteiger partial charge < -0.3 is 0 Å². The molecule has 0 aliphatic heterocycles. The molecule has 1 aliphatic carbocycles. The Morgan fingerprint density at radius 2 is 1.89 bits per heavy atom. The van der Waals surface area contributed by atoms with E-state index in [1.165, 1.54) is 49.0 Å². The highest BCUT2D eigenvalue weighted by Crippen LogP contribution is 2.31. The van der Waals surface area contributed by atoms with Gasteiger partial charge in [0.2, 0.25) is 0 Å². The SMILES string of the molecule is CC1=c2nc(-c3ccc(Br)s3)sc2=C(C)CCC1. The molecule has 0 aromatic carbocycles. The third kappa shape index (κ3) is 2.22. The fraction of sp³-hybridized carbons (Fsp3) is 0.357. The summed E-state index contributed by atoms with van der Waals surface area (Å²) in [4.78, 5) is 6.14. The predicted octanol–water partition coefficient (Wildman–Crippen LogP) is 4.16. The van der Waals surface area contributed by atoms with Gasteiger partial charge in [-0.05, 0) is 66.7 Å². The molecule has 0 spiro atoms. The summed E-state index contributed by atoms with van der Waals surface area (Å²) in [5.74, 6) is 0. The molecule has 0 N–H and O–H groups in total. The van der Waals surface area contributed by atoms with E-state index < -0.39 is 0 Å². The zero-order valence-corrected chi connectivity index (χ0v) is 13.6. The Labute approximate surface area is 123 Å². The highest BCUT2D eigenvalue weighted by Gasteiger charge is 2.11. The van der Waals surface area contributed by atoms with E-state index in [0.717, 1.165) is 5.01 Å². The first-order chi connectivity index (χ1) is 8.65. The summed E-state index contributed by atoms with van der Waals surface area (Å²) in [6, 6.07) is 4.25. The lowest BCUT2D eigenvalue weighted by Gasteiger charge is -1.96. The van der Waals surface area contributed by atoms with Crippen molar-refractivity contribution >= 4 is 49.7 Å². The smallest absolute Gasteiger partial charge is 0.134 e. The zero-order chi connectivity index (χ0) is 12.7. The fourth-order valence-electron chi connectivity index (χ4n) is 2.28. The molecule has 94 valence electrons. The molecule has 0 fully saturated rings. The first kappa shape index (κ1) is 12.6. The van der Waals surface area contributed by atoms with Crippen LogP contribution in [0.15, 0.2) is 15.9 Å². The molecule has 0 atom stereocenters. The Bertz CT molecular complexity index is 669. The molecule has 4 heteroatoms. The fourth-order valence-corrected chi connectivity index (χ4v) is 4.90. The summed E-state index contributed by atoms with van der Waals surface area (Å²) < 4.78 is 2.58. The Balaban J connectivity index is 2.27. The number of thiazole rings is 1. The van der Waals surface area contributed by atoms with Crippen LogP contribution in [-0.2, 0) is 0 Å². The van der Waals surface area contributed by atoms with Gasteiger partial charge in [-0.15, -0.1) is 22.7 Å². The van der Waals surface area contributed by atoms with Crippen molar-refractivity contribution < 1.29 is 0 Å². The molecule has 0 amide bonds. The molecule has 2 heterocycles. The lowest BCUT2D eigenvalue weighted by Crippen LogP contribution is -2.24. The summed E-state index contributed by atoms with van der Waals surface area (Å²) in [6.45, 7) is 4.48. The first-order valence-corrected chi connectivity index (χ1v) is 8.50. The van der Waals surface area contributed by atoms with Crippen LogP contribution in [0, 0.1) is 0 Å². The summed E-state index contributed by atoms with van der Waals surface area (Å²) in [5, 5.41) is 2.41. The van der Waals surface area contributed by atoms with Gasteiger partial charge in [0.25, 0.3) is 0 Å². The van der Waals surface area contributed by atoms with Crippen LogP contribution >= 0.6 is 38.6 Å². The molecular formula is C14H14BrNS2. The standard InChI is InChI=1S/C14H14BrNS2/c1-8-4-3-5-9(2)13-12(8)16-14(18-13)10-6-7-11(15)17-10/h6-7H,3-5H2,1-2H3. The summed E-state index contributed by atoms with van der Waals surface area (Å²) in [7, 11) is 0. The molecule has 1 aliphatic rings. The maximum absolute atomic E-state index is 4.88. The van der Waals surface area contributed by atoms with Crippen molar-refractivity contribution in [2.75, 3.05) is 0 Å². The molecule has 3 rings (SSSR count). The van der Waals surface area contributed by atoms with Crippen molar-refractivity contribution in [3.63, 3.8) is 0 Å². The van der Waals surface area contributed by atoms with Crippen molar-refractivity contribution in [3.8, 4) is 9.88 Å². The third-order valence-electron chi connectivity index (χ3n) is 3.31. The van der Waals surface area contributed by atoms with E-state index in [1.807, 2.05) is 11.3 Å². The number of fused-ring (bicyclic) bond motifs is 1. The molecule has 1 nitrogen and oxygen atoms in total. The Morgan fingerprint density at radius 1 is 1.11 bits per heavy atom. The van der Waals surface area contributed by atoms with Crippen LogP contribution in [-0.4, -0.2) is 4.98 Å². The molecule has 0 saturated heterocycles. The van der Waals surface area contributed by atoms with Crippen LogP contribution < -0.4 is 9.88 Å². The normalized spacial score (nSPS) is 15.7. The second-order valence-electron chi connectivity index (χ2n) is 4.71. The largest absolute Gasteiger partial charge is 0.235 e. The molecule has 18 heavy (non-hydrogen) atoms. The van der Waals surface area contributed by atoms with E-state index >= 15 is 0 Å². The number of hydrogen-bond donors (Lipinski definition) is 0. The van der Waals surface area contributed by atoms with Crippen molar-refractivity contribution in [1.82, 2.24) is 4.98 Å². The van der Waals surface area contributed by atoms with Crippen LogP contribution in [0.1, 0.15) is 33.1 Å². The third-order valence-corrected chi connectivity index (χ3v) is 6.32. The Morgan fingerprint density at radius 3 is 2.61 bits per heavy atom. The van der Waals surface area contributed by atoms with Crippen LogP contribution in [0.2, 0.25) is 0 Å². The van der Waals surface area contributed by atoms with Gasteiger partial charge >= 0.3 is 0 Å². The summed E-state index contributed by atoms with van der Waals surface area (Å²) >= 11 is 7.13. The van der Waals surface area contributed by atoms with E-state index in [-0.39, 0.29) is 0 Å². The number of aromatic nitrogens is 1. The van der Waals surface area contributed by atoms with Crippen molar-refractivity contribution in [2.24, 2.45) is 0 Å². The molecule has 2 aromatic heterocycles. The Hall–Kier alpha value is -0.450. The van der Waals surface area contributed by atoms with Gasteiger partial charge in [-0.2, -0.15) is 0 Å². The van der Waals surface area contributed by atoms with Crippen LogP contribution in [0.5, 0.6) is 0 Å². The zero-order valence-electron chi connectivity index (χ0n) is 10.4. The second kappa shape index (κ2) is 4.91. The van der Waals surface area contributed by atoms with Gasteiger partial charge in [0.1, 0.15) is 5.01 Å². The van der Waals surface area contributed by atoms with E-state index in [4.69, 9.17) is 4.98 Å². The highest BCUT2D eigenvalue weighted by atomic mass is 79.9. The number of rotatable bonds is 1. The van der Waals surface area contributed by atoms with E-state index in [9.17, 15) is 0 Å². The maximum Gasteiger partial charge on any atom is 0.134 e. The van der Waals surface area contributed by atoms with E-state index in [2.05, 4.69) is 41.9 Å². The predicted molar refractivity (Wildman–Crippen MR) is 84.4 cm³/mol. The van der Waals surface area contributed by atoms with Gasteiger partial charge in [0, 0.05) is 0 Å². The number of thiophene rings is 1. The second-order valence-corrected chi connectivity index (χ2v) is 8.18. The summed E-state index contributed by atoms with van der Waals surface area (Å²) in [6.07, 6.45) is 3.66. The topological polar surface area (TPSA) is 12.9 Å². The monoisotopic (exact) mass is 339 g/mol. The van der Waals surface area contributed by atoms with Crippen molar-refractivity contribution in [1.29, 1.82) is 0 Å². The van der Waals surface area contributed by atoms with Gasteiger partial charge in [-0.3, -0.25) is 0 Å².